The van der Waals surface area contributed by atoms with Crippen molar-refractivity contribution in [3.8, 4) is 0 Å². The summed E-state index contributed by atoms with van der Waals surface area (Å²) in [5.41, 5.74) is -0.672. The zero-order chi connectivity index (χ0) is 12.3. The molecule has 0 aliphatic rings. The number of aliphatic hydroxyl groups is 1. The van der Waals surface area contributed by atoms with Gasteiger partial charge in [-0.15, -0.1) is 0 Å². The quantitative estimate of drug-likeness (QED) is 0.569. The van der Waals surface area contributed by atoms with Gasteiger partial charge in [0.05, 0.1) is 13.7 Å². The van der Waals surface area contributed by atoms with Gasteiger partial charge >= 0.3 is 0 Å². The van der Waals surface area contributed by atoms with Crippen LogP contribution in [0.25, 0.3) is 0 Å². The Hall–Kier alpha value is -0.153. The van der Waals surface area contributed by atoms with Crippen LogP contribution in [-0.4, -0.2) is 30.2 Å². The van der Waals surface area contributed by atoms with Gasteiger partial charge in [0.15, 0.2) is 0 Å². The van der Waals surface area contributed by atoms with Crippen LogP contribution in [0.2, 0.25) is 19.6 Å². The van der Waals surface area contributed by atoms with Gasteiger partial charge in [0, 0.05) is 11.4 Å². The second kappa shape index (κ2) is 5.26. The van der Waals surface area contributed by atoms with Crippen molar-refractivity contribution in [2.24, 2.45) is 4.99 Å². The fraction of sp³-hybridized carbons (Fsp3) is 0.917. The molecule has 15 heavy (non-hydrogen) atoms. The molecule has 90 valence electrons. The smallest absolute Gasteiger partial charge is 0.0992 e. The maximum atomic E-state index is 10.6. The molecule has 3 heteroatoms. The molecule has 1 N–H and O–H groups in total. The number of rotatable bonds is 5. The summed E-state index contributed by atoms with van der Waals surface area (Å²) in [5.74, 6) is 0. The zero-order valence-electron chi connectivity index (χ0n) is 11.4. The summed E-state index contributed by atoms with van der Waals surface area (Å²) in [5, 5.41) is 11.7. The summed E-state index contributed by atoms with van der Waals surface area (Å²) in [7, 11) is -1.53. The Bertz CT molecular complexity index is 224. The summed E-state index contributed by atoms with van der Waals surface area (Å²) in [6, 6.07) is 0.274. The summed E-state index contributed by atoms with van der Waals surface area (Å²) in [6.07, 6.45) is 1.53. The van der Waals surface area contributed by atoms with Gasteiger partial charge in [0.2, 0.25) is 0 Å². The van der Waals surface area contributed by atoms with E-state index in [0.29, 0.717) is 0 Å². The van der Waals surface area contributed by atoms with Gasteiger partial charge in [0.1, 0.15) is 0 Å². The van der Waals surface area contributed by atoms with E-state index in [9.17, 15) is 5.11 Å². The second-order valence-corrected chi connectivity index (χ2v) is 10.5. The van der Waals surface area contributed by atoms with Crippen LogP contribution in [-0.2, 0) is 0 Å². The molecule has 0 aromatic carbocycles. The molecule has 0 aromatic rings. The Morgan fingerprint density at radius 3 is 1.80 bits per heavy atom. The average molecular weight is 229 g/mol. The normalized spacial score (nSPS) is 14.9. The van der Waals surface area contributed by atoms with E-state index < -0.39 is 13.7 Å². The summed E-state index contributed by atoms with van der Waals surface area (Å²) in [6.45, 7) is 15.0. The van der Waals surface area contributed by atoms with E-state index in [-0.39, 0.29) is 6.04 Å². The molecule has 0 atom stereocenters. The summed E-state index contributed by atoms with van der Waals surface area (Å²) < 4.78 is 0. The Morgan fingerprint density at radius 2 is 1.60 bits per heavy atom. The average Bonchev–Trinajstić information content (AvgIpc) is 2.11. The van der Waals surface area contributed by atoms with E-state index in [4.69, 9.17) is 4.99 Å². The van der Waals surface area contributed by atoms with E-state index in [0.717, 1.165) is 18.2 Å². The fourth-order valence-electron chi connectivity index (χ4n) is 1.85. The van der Waals surface area contributed by atoms with Crippen molar-refractivity contribution in [3.63, 3.8) is 0 Å². The van der Waals surface area contributed by atoms with Crippen LogP contribution in [0.3, 0.4) is 0 Å². The predicted molar refractivity (Wildman–Crippen MR) is 71.4 cm³/mol. The first kappa shape index (κ1) is 14.8. The van der Waals surface area contributed by atoms with E-state index in [1.165, 1.54) is 0 Å². The Kier molecular flexibility index (Phi) is 5.20. The number of hydrogen-bond acceptors (Lipinski definition) is 2. The van der Waals surface area contributed by atoms with Gasteiger partial charge in [-0.05, 0) is 26.7 Å². The van der Waals surface area contributed by atoms with Gasteiger partial charge in [-0.3, -0.25) is 4.99 Å². The molecule has 2 nitrogen and oxygen atoms in total. The van der Waals surface area contributed by atoms with Gasteiger partial charge in [-0.1, -0.05) is 33.5 Å². The van der Waals surface area contributed by atoms with Crippen LogP contribution in [0.4, 0.5) is 0 Å². The maximum Gasteiger partial charge on any atom is 0.0992 e. The molecule has 0 saturated heterocycles. The van der Waals surface area contributed by atoms with Gasteiger partial charge in [0.25, 0.3) is 0 Å². The van der Waals surface area contributed by atoms with Crippen molar-refractivity contribution in [3.05, 3.63) is 0 Å². The lowest BCUT2D eigenvalue weighted by atomic mass is 9.99. The molecule has 0 aliphatic heterocycles. The highest BCUT2D eigenvalue weighted by molar-refractivity contribution is 7.05. The summed E-state index contributed by atoms with van der Waals surface area (Å²) >= 11 is 0. The van der Waals surface area contributed by atoms with E-state index in [1.54, 1.807) is 0 Å². The molecule has 0 radical (unpaired) electrons. The fourth-order valence-corrected chi connectivity index (χ4v) is 4.25. The predicted octanol–water partition coefficient (Wildman–Crippen LogP) is 3.26. The summed E-state index contributed by atoms with van der Waals surface area (Å²) in [4.78, 5) is 4.69. The van der Waals surface area contributed by atoms with Gasteiger partial charge in [-0.2, -0.15) is 0 Å². The highest BCUT2D eigenvalue weighted by Gasteiger charge is 2.37. The van der Waals surface area contributed by atoms with Crippen molar-refractivity contribution in [1.82, 2.24) is 0 Å². The Labute approximate surface area is 95.8 Å². The van der Waals surface area contributed by atoms with Gasteiger partial charge < -0.3 is 5.11 Å². The molecular weight excluding hydrogens is 202 g/mol. The van der Waals surface area contributed by atoms with Crippen molar-refractivity contribution < 1.29 is 5.11 Å². The molecule has 0 spiro atoms. The van der Waals surface area contributed by atoms with Crippen LogP contribution < -0.4 is 0 Å². The molecule has 0 aliphatic carbocycles. The molecule has 0 fully saturated rings. The van der Waals surface area contributed by atoms with Gasteiger partial charge in [-0.25, -0.2) is 0 Å². The molecule has 0 amide bonds. The second-order valence-electron chi connectivity index (χ2n) is 5.56. The zero-order valence-corrected chi connectivity index (χ0v) is 12.4. The van der Waals surface area contributed by atoms with E-state index in [2.05, 4.69) is 33.5 Å². The molecular formula is C12H27NOSi. The Balaban J connectivity index is 5.29. The lowest BCUT2D eigenvalue weighted by Crippen LogP contribution is -2.51. The van der Waals surface area contributed by atoms with Crippen molar-refractivity contribution in [1.29, 1.82) is 0 Å². The standard InChI is InChI=1S/C12H27NOSi/c1-8-12(14,9-2)11(13-10(3)4)15(5,6)7/h10,14H,8-9H2,1-7H3. The number of aliphatic imine (C=N–C) groups is 1. The van der Waals surface area contributed by atoms with Crippen LogP contribution >= 0.6 is 0 Å². The Morgan fingerprint density at radius 1 is 1.20 bits per heavy atom. The number of hydrogen-bond donors (Lipinski definition) is 1. The van der Waals surface area contributed by atoms with Crippen molar-refractivity contribution in [2.75, 3.05) is 0 Å². The number of nitrogens with zero attached hydrogens (tertiary/aromatic N) is 1. The maximum absolute atomic E-state index is 10.6. The first-order chi connectivity index (χ1) is 6.67. The van der Waals surface area contributed by atoms with Crippen molar-refractivity contribution >= 4 is 13.4 Å². The third kappa shape index (κ3) is 4.07. The minimum Gasteiger partial charge on any atom is -0.384 e. The van der Waals surface area contributed by atoms with Crippen LogP contribution in [0.5, 0.6) is 0 Å². The molecule has 0 rings (SSSR count). The lowest BCUT2D eigenvalue weighted by Gasteiger charge is -2.35. The van der Waals surface area contributed by atoms with Crippen LogP contribution in [0.15, 0.2) is 4.99 Å². The third-order valence-electron chi connectivity index (χ3n) is 2.71. The van der Waals surface area contributed by atoms with Crippen molar-refractivity contribution in [2.45, 2.75) is 71.8 Å². The lowest BCUT2D eigenvalue weighted by molar-refractivity contribution is 0.105. The molecule has 0 unspecified atom stereocenters. The third-order valence-corrected chi connectivity index (χ3v) is 4.72. The first-order valence-corrected chi connectivity index (χ1v) is 9.48. The topological polar surface area (TPSA) is 32.6 Å². The van der Waals surface area contributed by atoms with Crippen LogP contribution in [0, 0.1) is 0 Å². The first-order valence-electron chi connectivity index (χ1n) is 5.98. The van der Waals surface area contributed by atoms with E-state index in [1.807, 2.05) is 13.8 Å². The highest BCUT2D eigenvalue weighted by Crippen LogP contribution is 2.24. The molecule has 0 heterocycles. The minimum atomic E-state index is -1.53. The highest BCUT2D eigenvalue weighted by atomic mass is 28.3. The molecule has 0 saturated carbocycles. The van der Waals surface area contributed by atoms with Crippen LogP contribution in [0.1, 0.15) is 40.5 Å². The van der Waals surface area contributed by atoms with E-state index >= 15 is 0 Å². The molecule has 0 bridgehead atoms. The minimum absolute atomic E-state index is 0.274. The monoisotopic (exact) mass is 229 g/mol. The molecule has 0 aromatic heterocycles. The SMILES string of the molecule is CCC(O)(CC)C(=NC(C)C)[Si](C)(C)C. The largest absolute Gasteiger partial charge is 0.384 e.